The van der Waals surface area contributed by atoms with Crippen LogP contribution in [-0.2, 0) is 0 Å². The molecule has 0 radical (unpaired) electrons. The van der Waals surface area contributed by atoms with Crippen molar-refractivity contribution in [2.45, 2.75) is 167 Å². The van der Waals surface area contributed by atoms with Crippen LogP contribution in [0.1, 0.15) is 167 Å². The molecule has 0 aliphatic heterocycles. The Balaban J connectivity index is 1.12. The molecular weight excluding hydrogens is 492 g/mol. The zero-order valence-electron chi connectivity index (χ0n) is 27.3. The van der Waals surface area contributed by atoms with Gasteiger partial charge in [0, 0.05) is 0 Å². The summed E-state index contributed by atoms with van der Waals surface area (Å²) < 4.78 is 0. The van der Waals surface area contributed by atoms with Gasteiger partial charge in [-0.3, -0.25) is 0 Å². The van der Waals surface area contributed by atoms with E-state index in [0.29, 0.717) is 0 Å². The molecule has 0 nitrogen and oxygen atoms in total. The summed E-state index contributed by atoms with van der Waals surface area (Å²) in [7, 11) is 0. The van der Waals surface area contributed by atoms with Crippen LogP contribution in [0.3, 0.4) is 0 Å². The van der Waals surface area contributed by atoms with E-state index in [1.54, 1.807) is 154 Å². The van der Waals surface area contributed by atoms with Gasteiger partial charge in [-0.15, -0.1) is 0 Å². The minimum atomic E-state index is 1.08. The zero-order valence-corrected chi connectivity index (χ0v) is 27.3. The lowest BCUT2D eigenvalue weighted by Crippen LogP contribution is -2.57. The summed E-state index contributed by atoms with van der Waals surface area (Å²) in [5, 5.41) is 0. The van der Waals surface area contributed by atoms with E-state index < -0.39 is 0 Å². The van der Waals surface area contributed by atoms with Gasteiger partial charge in [-0.05, 0) is 166 Å². The molecule has 0 aromatic rings. The highest BCUT2D eigenvalue weighted by Gasteiger charge is 2.59. The van der Waals surface area contributed by atoms with E-state index in [-0.39, 0.29) is 0 Å². The highest BCUT2D eigenvalue weighted by molar-refractivity contribution is 5.08. The summed E-state index contributed by atoms with van der Waals surface area (Å²) in [6.07, 6.45) is 40.0. The van der Waals surface area contributed by atoms with Crippen LogP contribution in [0.15, 0.2) is 0 Å². The molecule has 8 fully saturated rings. The molecule has 0 spiro atoms. The van der Waals surface area contributed by atoms with Crippen molar-refractivity contribution in [3.8, 4) is 0 Å². The average molecular weight is 561 g/mol. The first kappa shape index (κ1) is 28.5. The fourth-order valence-electron chi connectivity index (χ4n) is 15.8. The first-order chi connectivity index (χ1) is 20.3. The molecule has 12 unspecified atom stereocenters. The maximum Gasteiger partial charge on any atom is -0.0321 e. The minimum absolute atomic E-state index is 1.08. The number of hydrogen-bond acceptors (Lipinski definition) is 0. The van der Waals surface area contributed by atoms with E-state index in [2.05, 4.69) is 6.92 Å². The molecule has 8 saturated carbocycles. The minimum Gasteiger partial charge on any atom is -0.0651 e. The van der Waals surface area contributed by atoms with Gasteiger partial charge in [-0.25, -0.2) is 0 Å². The second-order valence-electron chi connectivity index (χ2n) is 18.0. The van der Waals surface area contributed by atoms with Crippen molar-refractivity contribution >= 4 is 0 Å². The molecule has 0 aromatic carbocycles. The van der Waals surface area contributed by atoms with Gasteiger partial charge in [0.15, 0.2) is 0 Å². The Bertz CT molecular complexity index is 828. The van der Waals surface area contributed by atoms with E-state index in [1.165, 1.54) is 6.42 Å². The highest BCUT2D eigenvalue weighted by atomic mass is 14.6. The summed E-state index contributed by atoms with van der Waals surface area (Å²) in [6.45, 7) is 2.54. The van der Waals surface area contributed by atoms with Crippen molar-refractivity contribution in [2.75, 3.05) is 0 Å². The summed E-state index contributed by atoms with van der Waals surface area (Å²) in [4.78, 5) is 0. The lowest BCUT2D eigenvalue weighted by Gasteiger charge is -2.64. The molecule has 0 amide bonds. The molecule has 232 valence electrons. The standard InChI is InChI=1S/C41H68/c1-2-27-23-24-29-25-26-38(33-22-12-21-31(27)39(29)33)41-36-19-10-8-17-34(36)40(35-18-9-11-20-37(35)41)32-16-7-6-15-30(32)28-13-4-3-5-14-28/h27-41H,2-26H2,1H3. The molecule has 8 aliphatic carbocycles. The van der Waals surface area contributed by atoms with Crippen LogP contribution in [-0.4, -0.2) is 0 Å². The van der Waals surface area contributed by atoms with E-state index in [4.69, 9.17) is 0 Å². The number of fused-ring (bicyclic) bond motifs is 2. The first-order valence-corrected chi connectivity index (χ1v) is 20.3. The van der Waals surface area contributed by atoms with Crippen molar-refractivity contribution in [1.29, 1.82) is 0 Å². The second kappa shape index (κ2) is 12.4. The third-order valence-corrected chi connectivity index (χ3v) is 16.9. The topological polar surface area (TPSA) is 0 Å². The lowest BCUT2D eigenvalue weighted by molar-refractivity contribution is -0.153. The summed E-state index contributed by atoms with van der Waals surface area (Å²) >= 11 is 0. The van der Waals surface area contributed by atoms with Crippen molar-refractivity contribution in [2.24, 2.45) is 88.8 Å². The summed E-state index contributed by atoms with van der Waals surface area (Å²) in [6, 6.07) is 0. The normalized spacial score (nSPS) is 52.6. The van der Waals surface area contributed by atoms with E-state index in [1.807, 2.05) is 0 Å². The summed E-state index contributed by atoms with van der Waals surface area (Å²) in [5.74, 6) is 16.9. The molecule has 41 heavy (non-hydrogen) atoms. The van der Waals surface area contributed by atoms with Crippen LogP contribution in [0.5, 0.6) is 0 Å². The molecule has 0 N–H and O–H groups in total. The molecule has 0 aromatic heterocycles. The van der Waals surface area contributed by atoms with Crippen LogP contribution >= 0.6 is 0 Å². The first-order valence-electron chi connectivity index (χ1n) is 20.3. The maximum atomic E-state index is 2.54. The molecule has 8 aliphatic rings. The fourth-order valence-corrected chi connectivity index (χ4v) is 15.8. The molecule has 0 heterocycles. The van der Waals surface area contributed by atoms with Gasteiger partial charge in [0.05, 0.1) is 0 Å². The number of hydrogen-bond donors (Lipinski definition) is 0. The monoisotopic (exact) mass is 561 g/mol. The number of rotatable bonds is 4. The maximum absolute atomic E-state index is 2.54. The Kier molecular flexibility index (Phi) is 8.62. The SMILES string of the molecule is CCC1CCC2CCC(C3C4CCCCC4C(C4CCCCC4C4CCCCC4)C4CCCCC43)C3CCCC1C23. The highest BCUT2D eigenvalue weighted by Crippen LogP contribution is 2.66. The molecule has 0 saturated heterocycles. The summed E-state index contributed by atoms with van der Waals surface area (Å²) in [5.41, 5.74) is 0. The Morgan fingerprint density at radius 2 is 0.707 bits per heavy atom. The van der Waals surface area contributed by atoms with Gasteiger partial charge in [0.2, 0.25) is 0 Å². The quantitative estimate of drug-likeness (QED) is 0.321. The van der Waals surface area contributed by atoms with Gasteiger partial charge < -0.3 is 0 Å². The van der Waals surface area contributed by atoms with Crippen LogP contribution in [0, 0.1) is 88.8 Å². The third-order valence-electron chi connectivity index (χ3n) is 16.9. The van der Waals surface area contributed by atoms with Gasteiger partial charge in [0.25, 0.3) is 0 Å². The Morgan fingerprint density at radius 1 is 0.293 bits per heavy atom. The largest absolute Gasteiger partial charge is 0.0651 e. The Labute approximate surface area is 255 Å². The Hall–Kier alpha value is 0. The van der Waals surface area contributed by atoms with Crippen molar-refractivity contribution in [1.82, 2.24) is 0 Å². The van der Waals surface area contributed by atoms with Crippen LogP contribution < -0.4 is 0 Å². The van der Waals surface area contributed by atoms with Crippen LogP contribution in [0.2, 0.25) is 0 Å². The molecule has 8 rings (SSSR count). The van der Waals surface area contributed by atoms with Crippen molar-refractivity contribution in [3.63, 3.8) is 0 Å². The molecule has 0 heteroatoms. The molecule has 0 bridgehead atoms. The van der Waals surface area contributed by atoms with E-state index in [9.17, 15) is 0 Å². The Morgan fingerprint density at radius 3 is 1.29 bits per heavy atom. The predicted molar refractivity (Wildman–Crippen MR) is 173 cm³/mol. The average Bonchev–Trinajstić information content (AvgIpc) is 3.05. The van der Waals surface area contributed by atoms with Crippen molar-refractivity contribution in [3.05, 3.63) is 0 Å². The van der Waals surface area contributed by atoms with E-state index >= 15 is 0 Å². The van der Waals surface area contributed by atoms with Gasteiger partial charge in [0.1, 0.15) is 0 Å². The molecule has 12 atom stereocenters. The van der Waals surface area contributed by atoms with Crippen LogP contribution in [0.25, 0.3) is 0 Å². The van der Waals surface area contributed by atoms with Gasteiger partial charge in [-0.1, -0.05) is 90.4 Å². The van der Waals surface area contributed by atoms with Crippen molar-refractivity contribution < 1.29 is 0 Å². The van der Waals surface area contributed by atoms with Gasteiger partial charge >= 0.3 is 0 Å². The smallest absolute Gasteiger partial charge is 0.0321 e. The van der Waals surface area contributed by atoms with E-state index in [0.717, 1.165) is 88.8 Å². The molecular formula is C41H68. The lowest BCUT2D eigenvalue weighted by atomic mass is 9.41. The van der Waals surface area contributed by atoms with Gasteiger partial charge in [-0.2, -0.15) is 0 Å². The predicted octanol–water partition coefficient (Wildman–Crippen LogP) is 12.1. The third kappa shape index (κ3) is 5.04. The zero-order chi connectivity index (χ0) is 27.3. The fraction of sp³-hybridized carbons (Fsp3) is 1.00. The van der Waals surface area contributed by atoms with Crippen LogP contribution in [0.4, 0.5) is 0 Å². The second-order valence-corrected chi connectivity index (χ2v) is 18.0.